The zero-order valence-electron chi connectivity index (χ0n) is 12.9. The van der Waals surface area contributed by atoms with E-state index in [1.54, 1.807) is 0 Å². The summed E-state index contributed by atoms with van der Waals surface area (Å²) in [6.07, 6.45) is 2.72. The van der Waals surface area contributed by atoms with E-state index in [0.717, 1.165) is 12.6 Å². The molecule has 1 heterocycles. The molecule has 0 spiro atoms. The van der Waals surface area contributed by atoms with Gasteiger partial charge in [0, 0.05) is 37.8 Å². The molecule has 0 aromatic heterocycles. The van der Waals surface area contributed by atoms with Crippen LogP contribution in [-0.2, 0) is 0 Å². The molecule has 0 aromatic rings. The predicted molar refractivity (Wildman–Crippen MR) is 77.9 cm³/mol. The van der Waals surface area contributed by atoms with Gasteiger partial charge in [0.2, 0.25) is 0 Å². The molecule has 2 rings (SSSR count). The maximum atomic E-state index is 3.76. The average molecular weight is 253 g/mol. The molecule has 0 radical (unpaired) electrons. The number of piperazine rings is 1. The molecule has 1 aliphatic carbocycles. The molecule has 18 heavy (non-hydrogen) atoms. The summed E-state index contributed by atoms with van der Waals surface area (Å²) in [4.78, 5) is 5.23. The van der Waals surface area contributed by atoms with Gasteiger partial charge in [-0.1, -0.05) is 20.8 Å². The van der Waals surface area contributed by atoms with E-state index in [-0.39, 0.29) is 0 Å². The molecule has 1 N–H and O–H groups in total. The summed E-state index contributed by atoms with van der Waals surface area (Å²) in [5, 5.41) is 3.76. The molecule has 3 nitrogen and oxygen atoms in total. The largest absolute Gasteiger partial charge is 0.312 e. The molecule has 3 unspecified atom stereocenters. The van der Waals surface area contributed by atoms with Gasteiger partial charge in [-0.25, -0.2) is 0 Å². The van der Waals surface area contributed by atoms with Gasteiger partial charge in [-0.3, -0.25) is 4.90 Å². The molecular formula is C15H31N3. The number of nitrogens with zero attached hydrogens (tertiary/aromatic N) is 2. The highest BCUT2D eigenvalue weighted by Gasteiger charge is 2.45. The van der Waals surface area contributed by atoms with Gasteiger partial charge >= 0.3 is 0 Å². The molecule has 1 saturated heterocycles. The van der Waals surface area contributed by atoms with Crippen LogP contribution in [0, 0.1) is 5.41 Å². The molecule has 3 atom stereocenters. The SMILES string of the molecule is CCNC1C(N2CCN(C)CC2C)CCC1(C)C. The fourth-order valence-corrected chi connectivity index (χ4v) is 4.00. The van der Waals surface area contributed by atoms with Crippen molar-refractivity contribution in [2.24, 2.45) is 5.41 Å². The first kappa shape index (κ1) is 14.3. The topological polar surface area (TPSA) is 18.5 Å². The smallest absolute Gasteiger partial charge is 0.0274 e. The number of nitrogens with one attached hydrogen (secondary N) is 1. The van der Waals surface area contributed by atoms with E-state index >= 15 is 0 Å². The van der Waals surface area contributed by atoms with Crippen LogP contribution in [0.3, 0.4) is 0 Å². The van der Waals surface area contributed by atoms with Gasteiger partial charge in [0.15, 0.2) is 0 Å². The van der Waals surface area contributed by atoms with E-state index in [9.17, 15) is 0 Å². The molecule has 106 valence electrons. The monoisotopic (exact) mass is 253 g/mol. The van der Waals surface area contributed by atoms with E-state index in [1.165, 1.54) is 32.5 Å². The van der Waals surface area contributed by atoms with Gasteiger partial charge in [-0.2, -0.15) is 0 Å². The van der Waals surface area contributed by atoms with Crippen molar-refractivity contribution in [2.75, 3.05) is 33.2 Å². The number of likely N-dealkylation sites (N-methyl/N-ethyl adjacent to an activating group) is 2. The maximum Gasteiger partial charge on any atom is 0.0274 e. The number of hydrogen-bond donors (Lipinski definition) is 1. The second-order valence-electron chi connectivity index (χ2n) is 6.98. The molecule has 1 aliphatic heterocycles. The van der Waals surface area contributed by atoms with Crippen molar-refractivity contribution in [3.63, 3.8) is 0 Å². The Hall–Kier alpha value is -0.120. The van der Waals surface area contributed by atoms with Crippen molar-refractivity contribution in [1.82, 2.24) is 15.1 Å². The third kappa shape index (κ3) is 2.73. The van der Waals surface area contributed by atoms with Gasteiger partial charge in [0.1, 0.15) is 0 Å². The Morgan fingerprint density at radius 3 is 2.61 bits per heavy atom. The molecule has 2 fully saturated rings. The molecule has 1 saturated carbocycles. The molecule has 2 aliphatic rings. The van der Waals surface area contributed by atoms with Crippen LogP contribution in [0.1, 0.15) is 40.5 Å². The summed E-state index contributed by atoms with van der Waals surface area (Å²) in [5.74, 6) is 0. The molecular weight excluding hydrogens is 222 g/mol. The van der Waals surface area contributed by atoms with Gasteiger partial charge in [0.25, 0.3) is 0 Å². The second kappa shape index (κ2) is 5.48. The standard InChI is InChI=1S/C15H31N3/c1-6-16-14-13(7-8-15(14,3)4)18-10-9-17(5)11-12(18)2/h12-14,16H,6-11H2,1-5H3. The Balaban J connectivity index is 2.07. The summed E-state index contributed by atoms with van der Waals surface area (Å²) >= 11 is 0. The van der Waals surface area contributed by atoms with E-state index in [0.29, 0.717) is 17.5 Å². The van der Waals surface area contributed by atoms with Crippen LogP contribution in [0.15, 0.2) is 0 Å². The minimum Gasteiger partial charge on any atom is -0.312 e. The Bertz CT molecular complexity index is 277. The number of hydrogen-bond acceptors (Lipinski definition) is 3. The molecule has 0 aromatic carbocycles. The van der Waals surface area contributed by atoms with Crippen molar-refractivity contribution < 1.29 is 0 Å². The maximum absolute atomic E-state index is 3.76. The first-order chi connectivity index (χ1) is 8.45. The van der Waals surface area contributed by atoms with Gasteiger partial charge < -0.3 is 10.2 Å². The summed E-state index contributed by atoms with van der Waals surface area (Å²) < 4.78 is 0. The Morgan fingerprint density at radius 1 is 1.28 bits per heavy atom. The molecule has 0 amide bonds. The van der Waals surface area contributed by atoms with Gasteiger partial charge in [0.05, 0.1) is 0 Å². The van der Waals surface area contributed by atoms with Crippen LogP contribution >= 0.6 is 0 Å². The average Bonchev–Trinajstić information content (AvgIpc) is 2.56. The van der Waals surface area contributed by atoms with Crippen molar-refractivity contribution in [3.8, 4) is 0 Å². The van der Waals surface area contributed by atoms with Gasteiger partial charge in [-0.15, -0.1) is 0 Å². The van der Waals surface area contributed by atoms with E-state index in [2.05, 4.69) is 49.9 Å². The minimum atomic E-state index is 0.448. The lowest BCUT2D eigenvalue weighted by molar-refractivity contribution is 0.0445. The van der Waals surface area contributed by atoms with Crippen molar-refractivity contribution in [2.45, 2.75) is 58.7 Å². The van der Waals surface area contributed by atoms with Crippen LogP contribution in [0.2, 0.25) is 0 Å². The Kier molecular flexibility index (Phi) is 4.35. The summed E-state index contributed by atoms with van der Waals surface area (Å²) in [6, 6.07) is 2.10. The quantitative estimate of drug-likeness (QED) is 0.827. The Morgan fingerprint density at radius 2 is 2.00 bits per heavy atom. The first-order valence-corrected chi connectivity index (χ1v) is 7.63. The lowest BCUT2D eigenvalue weighted by Crippen LogP contribution is -2.59. The van der Waals surface area contributed by atoms with Crippen molar-refractivity contribution in [3.05, 3.63) is 0 Å². The highest BCUT2D eigenvalue weighted by molar-refractivity contribution is 5.02. The number of rotatable bonds is 3. The van der Waals surface area contributed by atoms with E-state index < -0.39 is 0 Å². The third-order valence-electron chi connectivity index (χ3n) is 5.04. The lowest BCUT2D eigenvalue weighted by atomic mass is 9.86. The van der Waals surface area contributed by atoms with Gasteiger partial charge in [-0.05, 0) is 38.8 Å². The minimum absolute atomic E-state index is 0.448. The highest BCUT2D eigenvalue weighted by Crippen LogP contribution is 2.40. The van der Waals surface area contributed by atoms with Crippen LogP contribution in [0.4, 0.5) is 0 Å². The zero-order chi connectivity index (χ0) is 13.3. The first-order valence-electron chi connectivity index (χ1n) is 7.63. The third-order valence-corrected chi connectivity index (χ3v) is 5.04. The lowest BCUT2D eigenvalue weighted by Gasteiger charge is -2.45. The highest BCUT2D eigenvalue weighted by atomic mass is 15.3. The Labute approximate surface area is 113 Å². The summed E-state index contributed by atoms with van der Waals surface area (Å²) in [6.45, 7) is 14.3. The van der Waals surface area contributed by atoms with E-state index in [1.807, 2.05) is 0 Å². The zero-order valence-corrected chi connectivity index (χ0v) is 12.9. The van der Waals surface area contributed by atoms with Crippen LogP contribution in [0.25, 0.3) is 0 Å². The van der Waals surface area contributed by atoms with Crippen LogP contribution < -0.4 is 5.32 Å². The molecule has 3 heteroatoms. The normalized spacial score (nSPS) is 38.2. The van der Waals surface area contributed by atoms with E-state index in [4.69, 9.17) is 0 Å². The van der Waals surface area contributed by atoms with Crippen LogP contribution in [0.5, 0.6) is 0 Å². The summed E-state index contributed by atoms with van der Waals surface area (Å²) in [7, 11) is 2.24. The fourth-order valence-electron chi connectivity index (χ4n) is 4.00. The predicted octanol–water partition coefficient (Wildman–Crippen LogP) is 1.79. The summed E-state index contributed by atoms with van der Waals surface area (Å²) in [5.41, 5.74) is 0.448. The fraction of sp³-hybridized carbons (Fsp3) is 1.00. The van der Waals surface area contributed by atoms with Crippen LogP contribution in [-0.4, -0.2) is 61.2 Å². The second-order valence-corrected chi connectivity index (χ2v) is 6.98. The van der Waals surface area contributed by atoms with Crippen molar-refractivity contribution in [1.29, 1.82) is 0 Å². The van der Waals surface area contributed by atoms with Crippen molar-refractivity contribution >= 4 is 0 Å². The molecule has 0 bridgehead atoms.